The van der Waals surface area contributed by atoms with E-state index in [1.165, 1.54) is 0 Å². The van der Waals surface area contributed by atoms with Gasteiger partial charge in [0, 0.05) is 34.1 Å². The van der Waals surface area contributed by atoms with Crippen molar-refractivity contribution < 1.29 is 8.42 Å². The van der Waals surface area contributed by atoms with Crippen LogP contribution >= 0.6 is 11.6 Å². The number of aromatic nitrogens is 1. The van der Waals surface area contributed by atoms with E-state index in [2.05, 4.69) is 9.71 Å². The van der Waals surface area contributed by atoms with Gasteiger partial charge < -0.3 is 4.98 Å². The molecule has 1 aliphatic carbocycles. The van der Waals surface area contributed by atoms with E-state index in [-0.39, 0.29) is 5.41 Å². The average Bonchev–Trinajstić information content (AvgIpc) is 3.28. The van der Waals surface area contributed by atoms with Crippen LogP contribution in [0.4, 0.5) is 0 Å². The van der Waals surface area contributed by atoms with E-state index in [0.717, 1.165) is 40.4 Å². The van der Waals surface area contributed by atoms with Crippen LogP contribution in [0.3, 0.4) is 0 Å². The quantitative estimate of drug-likeness (QED) is 0.678. The molecule has 0 saturated heterocycles. The van der Waals surface area contributed by atoms with E-state index >= 15 is 0 Å². The molecule has 0 amide bonds. The standard InChI is InChI=1S/C20H21ClN2O2S/c1-13-3-5-16(9-14(13)2)26(24,25)23-12-20(7-8-20)18-11-22-19-6-4-15(21)10-17(18)19/h3-6,9-11,22-23H,7-8,12H2,1-2H3. The van der Waals surface area contributed by atoms with Crippen LogP contribution < -0.4 is 4.72 Å². The molecule has 1 heterocycles. The molecule has 6 heteroatoms. The Morgan fingerprint density at radius 3 is 2.58 bits per heavy atom. The molecule has 2 aromatic carbocycles. The second-order valence-corrected chi connectivity index (χ2v) is 9.45. The molecule has 4 nitrogen and oxygen atoms in total. The van der Waals surface area contributed by atoms with Crippen molar-refractivity contribution in [2.75, 3.05) is 6.54 Å². The lowest BCUT2D eigenvalue weighted by Gasteiger charge is -2.16. The zero-order valence-electron chi connectivity index (χ0n) is 14.8. The molecule has 0 bridgehead atoms. The van der Waals surface area contributed by atoms with E-state index in [9.17, 15) is 8.42 Å². The molecule has 1 aliphatic rings. The fraction of sp³-hybridized carbons (Fsp3) is 0.300. The summed E-state index contributed by atoms with van der Waals surface area (Å²) in [6.45, 7) is 4.29. The summed E-state index contributed by atoms with van der Waals surface area (Å²) in [5.41, 5.74) is 4.06. The molecule has 0 aliphatic heterocycles. The molecule has 136 valence electrons. The number of rotatable bonds is 5. The number of sulfonamides is 1. The Hall–Kier alpha value is -1.82. The Balaban J connectivity index is 1.60. The zero-order valence-corrected chi connectivity index (χ0v) is 16.3. The van der Waals surface area contributed by atoms with E-state index in [1.807, 2.05) is 44.3 Å². The Morgan fingerprint density at radius 2 is 1.88 bits per heavy atom. The second-order valence-electron chi connectivity index (χ2n) is 7.24. The molecule has 0 spiro atoms. The first-order chi connectivity index (χ1) is 12.3. The number of halogens is 1. The maximum absolute atomic E-state index is 12.7. The molecule has 1 fully saturated rings. The van der Waals surface area contributed by atoms with Crippen LogP contribution in [-0.2, 0) is 15.4 Å². The van der Waals surface area contributed by atoms with Gasteiger partial charge in [-0.15, -0.1) is 0 Å². The number of fused-ring (bicyclic) bond motifs is 1. The number of aryl methyl sites for hydroxylation is 2. The minimum Gasteiger partial charge on any atom is -0.361 e. The first-order valence-corrected chi connectivity index (χ1v) is 10.5. The van der Waals surface area contributed by atoms with Crippen LogP contribution in [0.5, 0.6) is 0 Å². The highest BCUT2D eigenvalue weighted by molar-refractivity contribution is 7.89. The van der Waals surface area contributed by atoms with Gasteiger partial charge in [0.05, 0.1) is 4.90 Å². The lowest BCUT2D eigenvalue weighted by Crippen LogP contribution is -2.32. The van der Waals surface area contributed by atoms with Crippen molar-refractivity contribution in [2.24, 2.45) is 0 Å². The molecule has 0 unspecified atom stereocenters. The van der Waals surface area contributed by atoms with E-state index in [1.54, 1.807) is 12.1 Å². The number of nitrogens with one attached hydrogen (secondary N) is 2. The maximum atomic E-state index is 12.7. The van der Waals surface area contributed by atoms with Crippen LogP contribution in [0.1, 0.15) is 29.5 Å². The first kappa shape index (κ1) is 17.6. The molecule has 0 atom stereocenters. The van der Waals surface area contributed by atoms with Crippen molar-refractivity contribution >= 4 is 32.5 Å². The molecular formula is C20H21ClN2O2S. The highest BCUT2D eigenvalue weighted by atomic mass is 35.5. The SMILES string of the molecule is Cc1ccc(S(=O)(=O)NCC2(c3c[nH]c4ccc(Cl)cc34)CC2)cc1C. The van der Waals surface area contributed by atoms with Crippen LogP contribution in [0.15, 0.2) is 47.5 Å². The monoisotopic (exact) mass is 388 g/mol. The van der Waals surface area contributed by atoms with Crippen LogP contribution in [-0.4, -0.2) is 19.9 Å². The minimum atomic E-state index is -3.53. The first-order valence-electron chi connectivity index (χ1n) is 8.65. The van der Waals surface area contributed by atoms with Crippen LogP contribution in [0, 0.1) is 13.8 Å². The fourth-order valence-corrected chi connectivity index (χ4v) is 4.81. The summed E-state index contributed by atoms with van der Waals surface area (Å²) >= 11 is 6.15. The Morgan fingerprint density at radius 1 is 1.12 bits per heavy atom. The molecular weight excluding hydrogens is 368 g/mol. The summed E-state index contributed by atoms with van der Waals surface area (Å²) in [5, 5.41) is 1.75. The molecule has 1 saturated carbocycles. The lowest BCUT2D eigenvalue weighted by molar-refractivity contribution is 0.567. The van der Waals surface area contributed by atoms with Gasteiger partial charge in [0.15, 0.2) is 0 Å². The Kier molecular flexibility index (Phi) is 4.14. The highest BCUT2D eigenvalue weighted by Crippen LogP contribution is 2.50. The summed E-state index contributed by atoms with van der Waals surface area (Å²) in [7, 11) is -3.53. The topological polar surface area (TPSA) is 62.0 Å². The number of benzene rings is 2. The van der Waals surface area contributed by atoms with Crippen molar-refractivity contribution in [3.8, 4) is 0 Å². The van der Waals surface area contributed by atoms with Crippen LogP contribution in [0.25, 0.3) is 10.9 Å². The number of hydrogen-bond acceptors (Lipinski definition) is 2. The number of hydrogen-bond donors (Lipinski definition) is 2. The smallest absolute Gasteiger partial charge is 0.240 e. The van der Waals surface area contributed by atoms with Crippen LogP contribution in [0.2, 0.25) is 5.02 Å². The summed E-state index contributed by atoms with van der Waals surface area (Å²) < 4.78 is 28.3. The number of aromatic amines is 1. The van der Waals surface area contributed by atoms with E-state index in [0.29, 0.717) is 16.5 Å². The largest absolute Gasteiger partial charge is 0.361 e. The van der Waals surface area contributed by atoms with Gasteiger partial charge in [-0.1, -0.05) is 17.7 Å². The summed E-state index contributed by atoms with van der Waals surface area (Å²) in [6.07, 6.45) is 3.90. The van der Waals surface area contributed by atoms with Gasteiger partial charge in [0.25, 0.3) is 0 Å². The predicted molar refractivity (Wildman–Crippen MR) is 105 cm³/mol. The second kappa shape index (κ2) is 6.12. The van der Waals surface area contributed by atoms with Gasteiger partial charge >= 0.3 is 0 Å². The number of H-pyrrole nitrogens is 1. The molecule has 1 aromatic heterocycles. The van der Waals surface area contributed by atoms with Crippen molar-refractivity contribution in [3.05, 3.63) is 64.3 Å². The van der Waals surface area contributed by atoms with Crippen molar-refractivity contribution in [1.82, 2.24) is 9.71 Å². The summed E-state index contributed by atoms with van der Waals surface area (Å²) in [5.74, 6) is 0. The lowest BCUT2D eigenvalue weighted by atomic mass is 9.96. The molecule has 2 N–H and O–H groups in total. The van der Waals surface area contributed by atoms with Gasteiger partial charge in [0.1, 0.15) is 0 Å². The van der Waals surface area contributed by atoms with E-state index in [4.69, 9.17) is 11.6 Å². The Labute approximate surface area is 158 Å². The normalized spacial score (nSPS) is 16.1. The van der Waals surface area contributed by atoms with Crippen molar-refractivity contribution in [3.63, 3.8) is 0 Å². The highest BCUT2D eigenvalue weighted by Gasteiger charge is 2.46. The third-order valence-electron chi connectivity index (χ3n) is 5.46. The maximum Gasteiger partial charge on any atom is 0.240 e. The van der Waals surface area contributed by atoms with Gasteiger partial charge in [0.2, 0.25) is 10.0 Å². The van der Waals surface area contributed by atoms with Gasteiger partial charge in [-0.2, -0.15) is 0 Å². The third kappa shape index (κ3) is 3.04. The third-order valence-corrected chi connectivity index (χ3v) is 7.09. The molecule has 4 rings (SSSR count). The van der Waals surface area contributed by atoms with Gasteiger partial charge in [-0.05, 0) is 73.7 Å². The molecule has 0 radical (unpaired) electrons. The summed E-state index contributed by atoms with van der Waals surface area (Å²) in [4.78, 5) is 3.59. The average molecular weight is 389 g/mol. The minimum absolute atomic E-state index is 0.157. The van der Waals surface area contributed by atoms with Gasteiger partial charge in [-0.3, -0.25) is 0 Å². The van der Waals surface area contributed by atoms with Crippen molar-refractivity contribution in [1.29, 1.82) is 0 Å². The zero-order chi connectivity index (χ0) is 18.5. The fourth-order valence-electron chi connectivity index (χ4n) is 3.42. The molecule has 3 aromatic rings. The predicted octanol–water partition coefficient (Wildman–Crippen LogP) is 4.45. The van der Waals surface area contributed by atoms with Gasteiger partial charge in [-0.25, -0.2) is 13.1 Å². The van der Waals surface area contributed by atoms with E-state index < -0.39 is 10.0 Å². The van der Waals surface area contributed by atoms with Crippen molar-refractivity contribution in [2.45, 2.75) is 37.0 Å². The Bertz CT molecular complexity index is 1100. The summed E-state index contributed by atoms with van der Waals surface area (Å²) in [6, 6.07) is 11.0. The molecule has 26 heavy (non-hydrogen) atoms.